The molecule has 2 heteroatoms. The number of benzene rings is 8. The lowest BCUT2D eigenvalue weighted by molar-refractivity contribution is 0.660. The van der Waals surface area contributed by atoms with Gasteiger partial charge in [0.25, 0.3) is 0 Å². The van der Waals surface area contributed by atoms with Gasteiger partial charge in [0.1, 0.15) is 8.07 Å². The third kappa shape index (κ3) is 5.48. The largest absolute Gasteiger partial charge is 0.310 e. The first-order valence-corrected chi connectivity index (χ1v) is 20.8. The molecule has 1 nitrogen and oxygen atoms in total. The third-order valence-electron chi connectivity index (χ3n) is 11.3. The number of fused-ring (bicyclic) bond motifs is 5. The molecule has 250 valence electrons. The van der Waals surface area contributed by atoms with Crippen LogP contribution in [0.4, 0.5) is 17.1 Å². The number of para-hydroxylation sites is 2. The van der Waals surface area contributed by atoms with Crippen LogP contribution in [0.15, 0.2) is 188 Å². The van der Waals surface area contributed by atoms with Crippen molar-refractivity contribution in [2.45, 2.75) is 25.8 Å². The van der Waals surface area contributed by atoms with Crippen molar-refractivity contribution in [2.75, 3.05) is 4.90 Å². The molecule has 0 aromatic heterocycles. The second kappa shape index (κ2) is 12.7. The molecule has 0 heterocycles. The van der Waals surface area contributed by atoms with Gasteiger partial charge in [0.05, 0.1) is 0 Å². The maximum Gasteiger partial charge on any atom is 0.138 e. The Kier molecular flexibility index (Phi) is 7.79. The molecule has 0 saturated heterocycles. The van der Waals surface area contributed by atoms with E-state index >= 15 is 0 Å². The number of hydrogen-bond acceptors (Lipinski definition) is 1. The Labute approximate surface area is 308 Å². The molecule has 0 N–H and O–H groups in total. The van der Waals surface area contributed by atoms with Crippen LogP contribution in [0.25, 0.3) is 38.7 Å². The maximum absolute atomic E-state index is 2.55. The van der Waals surface area contributed by atoms with Gasteiger partial charge in [-0.2, -0.15) is 0 Å². The normalized spacial score (nSPS) is 13.4. The van der Waals surface area contributed by atoms with Crippen LogP contribution in [-0.4, -0.2) is 8.07 Å². The van der Waals surface area contributed by atoms with Gasteiger partial charge in [-0.15, -0.1) is 0 Å². The smallest absolute Gasteiger partial charge is 0.138 e. The molecule has 0 amide bonds. The first-order valence-electron chi connectivity index (χ1n) is 18.3. The lowest BCUT2D eigenvalue weighted by atomic mass is 9.82. The predicted octanol–water partition coefficient (Wildman–Crippen LogP) is 12.2. The third-order valence-corrected chi connectivity index (χ3v) is 15.1. The van der Waals surface area contributed by atoms with Crippen LogP contribution in [0.1, 0.15) is 30.5 Å². The van der Waals surface area contributed by atoms with Crippen LogP contribution >= 0.6 is 0 Å². The molecule has 9 rings (SSSR count). The molecule has 0 atom stereocenters. The Balaban J connectivity index is 1.11. The lowest BCUT2D eigenvalue weighted by Gasteiger charge is -2.28. The van der Waals surface area contributed by atoms with E-state index in [9.17, 15) is 0 Å². The quantitative estimate of drug-likeness (QED) is 0.151. The number of rotatable bonds is 7. The van der Waals surface area contributed by atoms with Crippen molar-refractivity contribution >= 4 is 63.1 Å². The molecular weight excluding hydrogens is 643 g/mol. The highest BCUT2D eigenvalue weighted by Crippen LogP contribution is 2.51. The first kappa shape index (κ1) is 32.0. The van der Waals surface area contributed by atoms with E-state index in [4.69, 9.17) is 0 Å². The van der Waals surface area contributed by atoms with Gasteiger partial charge in [0.15, 0.2) is 0 Å². The van der Waals surface area contributed by atoms with E-state index in [2.05, 4.69) is 219 Å². The Hall–Kier alpha value is -5.96. The number of hydrogen-bond donors (Lipinski definition) is 0. The summed E-state index contributed by atoms with van der Waals surface area (Å²) < 4.78 is 0. The zero-order valence-electron chi connectivity index (χ0n) is 29.9. The van der Waals surface area contributed by atoms with Crippen LogP contribution in [0, 0.1) is 0 Å². The highest BCUT2D eigenvalue weighted by molar-refractivity contribution is 7.05. The molecule has 0 spiro atoms. The minimum absolute atomic E-state index is 0.152. The molecule has 1 aliphatic rings. The van der Waals surface area contributed by atoms with Crippen molar-refractivity contribution in [3.63, 3.8) is 0 Å². The van der Waals surface area contributed by atoms with Gasteiger partial charge >= 0.3 is 0 Å². The van der Waals surface area contributed by atoms with E-state index in [1.807, 2.05) is 0 Å². The second-order valence-corrected chi connectivity index (χ2v) is 18.7. The molecule has 0 bridgehead atoms. The summed E-state index contributed by atoms with van der Waals surface area (Å²) >= 11 is 0. The van der Waals surface area contributed by atoms with Gasteiger partial charge in [0, 0.05) is 22.5 Å². The van der Waals surface area contributed by atoms with Crippen LogP contribution in [-0.2, 0) is 5.41 Å². The molecular formula is C50H41NSi. The molecule has 0 saturated carbocycles. The predicted molar refractivity (Wildman–Crippen MR) is 227 cm³/mol. The highest BCUT2D eigenvalue weighted by atomic mass is 28.3. The zero-order chi connectivity index (χ0) is 35.3. The summed E-state index contributed by atoms with van der Waals surface area (Å²) in [6.45, 7) is 7.26. The Bertz CT molecular complexity index is 2500. The van der Waals surface area contributed by atoms with Gasteiger partial charge in [0.2, 0.25) is 0 Å². The fourth-order valence-corrected chi connectivity index (χ4v) is 11.2. The van der Waals surface area contributed by atoms with Gasteiger partial charge in [-0.05, 0) is 96.1 Å². The van der Waals surface area contributed by atoms with E-state index in [1.54, 1.807) is 0 Å². The SMILES string of the molecule is CC1(C)c2cc(/C=C/[Si](C)(c3ccc4ccccc4c3)c3ccc4ccccc4c3)ccc2-c2ccc(N(c3ccccc3)c3ccccc3)cc21. The zero-order valence-corrected chi connectivity index (χ0v) is 30.9. The Morgan fingerprint density at radius 2 is 0.923 bits per heavy atom. The number of nitrogens with zero attached hydrogens (tertiary/aromatic N) is 1. The fraction of sp³-hybridized carbons (Fsp3) is 0.0800. The van der Waals surface area contributed by atoms with Gasteiger partial charge in [-0.25, -0.2) is 0 Å². The molecule has 0 aliphatic heterocycles. The van der Waals surface area contributed by atoms with Crippen LogP contribution in [0.5, 0.6) is 0 Å². The van der Waals surface area contributed by atoms with E-state index < -0.39 is 8.07 Å². The van der Waals surface area contributed by atoms with Crippen LogP contribution < -0.4 is 15.3 Å². The van der Waals surface area contributed by atoms with Gasteiger partial charge in [-0.3, -0.25) is 0 Å². The molecule has 8 aromatic rings. The Morgan fingerprint density at radius 1 is 0.442 bits per heavy atom. The second-order valence-electron chi connectivity index (χ2n) is 14.8. The summed E-state index contributed by atoms with van der Waals surface area (Å²) in [6, 6.07) is 67.1. The summed E-state index contributed by atoms with van der Waals surface area (Å²) in [5, 5.41) is 7.99. The van der Waals surface area contributed by atoms with E-state index in [0.717, 1.165) is 11.4 Å². The monoisotopic (exact) mass is 683 g/mol. The summed E-state index contributed by atoms with van der Waals surface area (Å²) in [7, 11) is -2.31. The summed E-state index contributed by atoms with van der Waals surface area (Å²) in [5.74, 6) is 0. The van der Waals surface area contributed by atoms with Gasteiger partial charge < -0.3 is 4.90 Å². The van der Waals surface area contributed by atoms with Crippen molar-refractivity contribution in [3.8, 4) is 11.1 Å². The molecule has 1 aliphatic carbocycles. The van der Waals surface area contributed by atoms with Crippen molar-refractivity contribution < 1.29 is 0 Å². The van der Waals surface area contributed by atoms with Crippen molar-refractivity contribution in [2.24, 2.45) is 0 Å². The average Bonchev–Trinajstić information content (AvgIpc) is 3.42. The van der Waals surface area contributed by atoms with Gasteiger partial charge in [-0.1, -0.05) is 178 Å². The molecule has 0 fully saturated rings. The van der Waals surface area contributed by atoms with E-state index in [1.165, 1.54) is 65.4 Å². The minimum Gasteiger partial charge on any atom is -0.310 e. The molecule has 8 aromatic carbocycles. The standard InChI is InChI=1S/C50H41NSi/c1-50(2)48-32-36(22-28-46(48)47-29-25-43(35-49(47)50)51(41-18-6-4-7-19-41)42-20-8-5-9-21-42)30-31-52(3,44-26-23-37-14-10-12-16-39(37)33-44)45-27-24-38-15-11-13-17-40(38)34-45/h4-35H,1-3H3/b31-30+. The molecule has 52 heavy (non-hydrogen) atoms. The van der Waals surface area contributed by atoms with Crippen molar-refractivity contribution in [3.05, 3.63) is 204 Å². The number of anilines is 3. The summed E-state index contributed by atoms with van der Waals surface area (Å²) in [5.41, 5.74) is 12.5. The van der Waals surface area contributed by atoms with Crippen molar-refractivity contribution in [1.82, 2.24) is 0 Å². The minimum atomic E-state index is -2.31. The maximum atomic E-state index is 2.55. The van der Waals surface area contributed by atoms with E-state index in [-0.39, 0.29) is 5.41 Å². The molecule has 0 unspecified atom stereocenters. The summed E-state index contributed by atoms with van der Waals surface area (Å²) in [6.07, 6.45) is 2.40. The topological polar surface area (TPSA) is 3.24 Å². The fourth-order valence-electron chi connectivity index (χ4n) is 8.23. The van der Waals surface area contributed by atoms with Crippen LogP contribution in [0.2, 0.25) is 6.55 Å². The van der Waals surface area contributed by atoms with Crippen LogP contribution in [0.3, 0.4) is 0 Å². The lowest BCUT2D eigenvalue weighted by Crippen LogP contribution is -2.54. The van der Waals surface area contributed by atoms with Crippen molar-refractivity contribution in [1.29, 1.82) is 0 Å². The molecule has 0 radical (unpaired) electrons. The van der Waals surface area contributed by atoms with E-state index in [0.29, 0.717) is 0 Å². The average molecular weight is 684 g/mol. The first-order chi connectivity index (χ1) is 25.4. The highest BCUT2D eigenvalue weighted by Gasteiger charge is 2.36. The Morgan fingerprint density at radius 3 is 1.48 bits per heavy atom. The summed E-state index contributed by atoms with van der Waals surface area (Å²) in [4.78, 5) is 2.36.